The molecule has 25 heavy (non-hydrogen) atoms. The lowest BCUT2D eigenvalue weighted by Gasteiger charge is -2.28. The van der Waals surface area contributed by atoms with Gasteiger partial charge in [0.25, 0.3) is 0 Å². The highest BCUT2D eigenvalue weighted by molar-refractivity contribution is 9.10. The number of hydrogen-bond acceptors (Lipinski definition) is 2. The molecule has 0 amide bonds. The Morgan fingerprint density at radius 3 is 2.56 bits per heavy atom. The van der Waals surface area contributed by atoms with E-state index in [-0.39, 0.29) is 6.04 Å². The Bertz CT molecular complexity index is 846. The summed E-state index contributed by atoms with van der Waals surface area (Å²) in [4.78, 5) is 0. The van der Waals surface area contributed by atoms with Gasteiger partial charge in [0.05, 0.1) is 6.04 Å². The first-order chi connectivity index (χ1) is 12.3. The molecule has 1 atom stereocenters. The van der Waals surface area contributed by atoms with E-state index < -0.39 is 0 Å². The summed E-state index contributed by atoms with van der Waals surface area (Å²) in [5, 5.41) is 3.63. The summed E-state index contributed by atoms with van der Waals surface area (Å²) in [7, 11) is 0. The molecule has 126 valence electrons. The van der Waals surface area contributed by atoms with Crippen LogP contribution < -0.4 is 10.1 Å². The maximum absolute atomic E-state index is 5.99. The molecule has 0 spiro atoms. The number of benzene rings is 3. The molecule has 0 fully saturated rings. The average molecular weight is 394 g/mol. The van der Waals surface area contributed by atoms with Gasteiger partial charge >= 0.3 is 0 Å². The minimum Gasteiger partial charge on any atom is -0.489 e. The summed E-state index contributed by atoms with van der Waals surface area (Å²) in [6, 6.07) is 25.6. The molecule has 1 heterocycles. The van der Waals surface area contributed by atoms with Gasteiger partial charge in [0.15, 0.2) is 0 Å². The average Bonchev–Trinajstić information content (AvgIpc) is 2.67. The van der Waals surface area contributed by atoms with Crippen LogP contribution in [0.25, 0.3) is 0 Å². The van der Waals surface area contributed by atoms with Crippen LogP contribution in [0.2, 0.25) is 0 Å². The second-order valence-electron chi connectivity index (χ2n) is 6.32. The molecule has 0 radical (unpaired) electrons. The molecule has 3 heteroatoms. The van der Waals surface area contributed by atoms with Crippen LogP contribution in [0.5, 0.6) is 5.75 Å². The molecule has 3 aromatic carbocycles. The van der Waals surface area contributed by atoms with Crippen molar-refractivity contribution in [2.24, 2.45) is 0 Å². The zero-order valence-corrected chi connectivity index (χ0v) is 15.5. The van der Waals surface area contributed by atoms with E-state index in [1.165, 1.54) is 22.3 Å². The summed E-state index contributed by atoms with van der Waals surface area (Å²) < 4.78 is 7.10. The van der Waals surface area contributed by atoms with Gasteiger partial charge in [0.1, 0.15) is 12.4 Å². The molecule has 0 aromatic heterocycles. The highest BCUT2D eigenvalue weighted by atomic mass is 79.9. The van der Waals surface area contributed by atoms with Crippen molar-refractivity contribution in [3.8, 4) is 5.75 Å². The lowest BCUT2D eigenvalue weighted by atomic mass is 9.90. The van der Waals surface area contributed by atoms with Crippen molar-refractivity contribution in [3.05, 3.63) is 99.5 Å². The molecule has 1 aliphatic rings. The van der Waals surface area contributed by atoms with Crippen molar-refractivity contribution < 1.29 is 4.74 Å². The molecule has 1 aliphatic heterocycles. The van der Waals surface area contributed by atoms with E-state index in [2.05, 4.69) is 75.8 Å². The van der Waals surface area contributed by atoms with Gasteiger partial charge in [0, 0.05) is 11.0 Å². The molecule has 0 saturated carbocycles. The van der Waals surface area contributed by atoms with Crippen molar-refractivity contribution in [2.45, 2.75) is 19.1 Å². The Morgan fingerprint density at radius 2 is 1.76 bits per heavy atom. The van der Waals surface area contributed by atoms with Crippen molar-refractivity contribution in [2.75, 3.05) is 6.54 Å². The fourth-order valence-electron chi connectivity index (χ4n) is 3.32. The Labute approximate surface area is 157 Å². The van der Waals surface area contributed by atoms with Crippen LogP contribution >= 0.6 is 15.9 Å². The number of hydrogen-bond donors (Lipinski definition) is 1. The Morgan fingerprint density at radius 1 is 0.960 bits per heavy atom. The van der Waals surface area contributed by atoms with Crippen molar-refractivity contribution in [3.63, 3.8) is 0 Å². The van der Waals surface area contributed by atoms with Gasteiger partial charge in [0.2, 0.25) is 0 Å². The first kappa shape index (κ1) is 16.4. The van der Waals surface area contributed by atoms with Crippen molar-refractivity contribution in [1.29, 1.82) is 0 Å². The zero-order valence-electron chi connectivity index (χ0n) is 13.9. The highest BCUT2D eigenvalue weighted by Crippen LogP contribution is 2.32. The van der Waals surface area contributed by atoms with Gasteiger partial charge in [-0.1, -0.05) is 64.5 Å². The second kappa shape index (κ2) is 7.42. The minimum absolute atomic E-state index is 0.250. The SMILES string of the molecule is Brc1ccc(C2NCCc3cc(OCc4ccccc4)ccc32)cc1. The number of fused-ring (bicyclic) bond motifs is 1. The Balaban J connectivity index is 1.54. The third-order valence-electron chi connectivity index (χ3n) is 4.62. The van der Waals surface area contributed by atoms with E-state index in [0.717, 1.165) is 23.2 Å². The quantitative estimate of drug-likeness (QED) is 0.652. The van der Waals surface area contributed by atoms with E-state index in [1.807, 2.05) is 18.2 Å². The zero-order chi connectivity index (χ0) is 17.1. The minimum atomic E-state index is 0.250. The van der Waals surface area contributed by atoms with Gasteiger partial charge in [-0.05, 0) is 52.9 Å². The summed E-state index contributed by atoms with van der Waals surface area (Å²) in [5.41, 5.74) is 5.20. The monoisotopic (exact) mass is 393 g/mol. The number of halogens is 1. The lowest BCUT2D eigenvalue weighted by molar-refractivity contribution is 0.305. The fourth-order valence-corrected chi connectivity index (χ4v) is 3.59. The maximum atomic E-state index is 5.99. The van der Waals surface area contributed by atoms with E-state index >= 15 is 0 Å². The van der Waals surface area contributed by atoms with Gasteiger partial charge < -0.3 is 10.1 Å². The Kier molecular flexibility index (Phi) is 4.86. The number of ether oxygens (including phenoxy) is 1. The van der Waals surface area contributed by atoms with E-state index in [0.29, 0.717) is 6.61 Å². The summed E-state index contributed by atoms with van der Waals surface area (Å²) in [6.07, 6.45) is 1.03. The molecule has 2 nitrogen and oxygen atoms in total. The standard InChI is InChI=1S/C22H20BrNO/c23-19-8-6-17(7-9-19)22-21-11-10-20(14-18(21)12-13-24-22)25-15-16-4-2-1-3-5-16/h1-11,14,22,24H,12-13,15H2. The molecule has 0 bridgehead atoms. The molecule has 3 aromatic rings. The van der Waals surface area contributed by atoms with Crippen LogP contribution in [0.1, 0.15) is 28.3 Å². The summed E-state index contributed by atoms with van der Waals surface area (Å²) >= 11 is 3.51. The van der Waals surface area contributed by atoms with Crippen molar-refractivity contribution >= 4 is 15.9 Å². The van der Waals surface area contributed by atoms with Crippen LogP contribution in [-0.2, 0) is 13.0 Å². The molecule has 4 rings (SSSR count). The first-order valence-corrected chi connectivity index (χ1v) is 9.37. The highest BCUT2D eigenvalue weighted by Gasteiger charge is 2.21. The van der Waals surface area contributed by atoms with Gasteiger partial charge in [-0.25, -0.2) is 0 Å². The number of nitrogens with one attached hydrogen (secondary N) is 1. The largest absolute Gasteiger partial charge is 0.489 e. The normalized spacial score (nSPS) is 16.3. The van der Waals surface area contributed by atoms with E-state index in [1.54, 1.807) is 0 Å². The smallest absolute Gasteiger partial charge is 0.120 e. The van der Waals surface area contributed by atoms with Gasteiger partial charge in [-0.3, -0.25) is 0 Å². The van der Waals surface area contributed by atoms with E-state index in [4.69, 9.17) is 4.74 Å². The molecule has 1 unspecified atom stereocenters. The van der Waals surface area contributed by atoms with Crippen LogP contribution in [-0.4, -0.2) is 6.54 Å². The van der Waals surface area contributed by atoms with Crippen LogP contribution in [0.4, 0.5) is 0 Å². The first-order valence-electron chi connectivity index (χ1n) is 8.58. The third-order valence-corrected chi connectivity index (χ3v) is 5.15. The van der Waals surface area contributed by atoms with Gasteiger partial charge in [-0.2, -0.15) is 0 Å². The molecular formula is C22H20BrNO. The molecule has 0 saturated heterocycles. The lowest BCUT2D eigenvalue weighted by Crippen LogP contribution is -2.30. The topological polar surface area (TPSA) is 21.3 Å². The molecule has 0 aliphatic carbocycles. The van der Waals surface area contributed by atoms with Gasteiger partial charge in [-0.15, -0.1) is 0 Å². The summed E-state index contributed by atoms with van der Waals surface area (Å²) in [6.45, 7) is 1.59. The maximum Gasteiger partial charge on any atom is 0.120 e. The second-order valence-corrected chi connectivity index (χ2v) is 7.24. The Hall–Kier alpha value is -2.10. The summed E-state index contributed by atoms with van der Waals surface area (Å²) in [5.74, 6) is 0.944. The fraction of sp³-hybridized carbons (Fsp3) is 0.182. The molecule has 1 N–H and O–H groups in total. The third kappa shape index (κ3) is 3.78. The number of rotatable bonds is 4. The van der Waals surface area contributed by atoms with E-state index in [9.17, 15) is 0 Å². The predicted octanol–water partition coefficient (Wildman–Crippen LogP) is 5.26. The molecular weight excluding hydrogens is 374 g/mol. The van der Waals surface area contributed by atoms with Crippen molar-refractivity contribution in [1.82, 2.24) is 5.32 Å². The predicted molar refractivity (Wildman–Crippen MR) is 105 cm³/mol. The van der Waals surface area contributed by atoms with Crippen LogP contribution in [0, 0.1) is 0 Å². The van der Waals surface area contributed by atoms with Crippen LogP contribution in [0.15, 0.2) is 77.3 Å². The van der Waals surface area contributed by atoms with Crippen LogP contribution in [0.3, 0.4) is 0 Å².